The lowest BCUT2D eigenvalue weighted by molar-refractivity contribution is 0.0691. The number of carboxylic acid groups (broad SMARTS) is 1. The monoisotopic (exact) mass is 314 g/mol. The van der Waals surface area contributed by atoms with Crippen molar-refractivity contribution in [3.63, 3.8) is 0 Å². The third-order valence-electron chi connectivity index (χ3n) is 2.86. The summed E-state index contributed by atoms with van der Waals surface area (Å²) in [6.07, 6.45) is 1.25. The molecule has 2 aromatic heterocycles. The van der Waals surface area contributed by atoms with Crippen LogP contribution in [0.3, 0.4) is 0 Å². The summed E-state index contributed by atoms with van der Waals surface area (Å²) in [7, 11) is -4.08. The fourth-order valence-corrected chi connectivity index (χ4v) is 3.62. The van der Waals surface area contributed by atoms with Crippen molar-refractivity contribution in [2.24, 2.45) is 0 Å². The van der Waals surface area contributed by atoms with E-state index >= 15 is 0 Å². The zero-order valence-electron chi connectivity index (χ0n) is 11.5. The van der Waals surface area contributed by atoms with E-state index in [-0.39, 0.29) is 22.0 Å². The van der Waals surface area contributed by atoms with E-state index in [0.29, 0.717) is 5.82 Å². The summed E-state index contributed by atoms with van der Waals surface area (Å²) in [5.74, 6) is -1.000. The van der Waals surface area contributed by atoms with Crippen LogP contribution in [-0.2, 0) is 10.0 Å². The lowest BCUT2D eigenvalue weighted by atomic mass is 10.2. The molecule has 0 aliphatic heterocycles. The van der Waals surface area contributed by atoms with Gasteiger partial charge in [-0.3, -0.25) is 5.10 Å². The molecule has 0 aromatic carbocycles. The number of carbonyl (C=O) groups is 1. The van der Waals surface area contributed by atoms with Gasteiger partial charge in [-0.15, -0.1) is 0 Å². The molecule has 1 unspecified atom stereocenters. The molecule has 0 saturated heterocycles. The summed E-state index contributed by atoms with van der Waals surface area (Å²) in [5.41, 5.74) is -0.371. The molecule has 0 spiro atoms. The molecule has 0 bridgehead atoms. The van der Waals surface area contributed by atoms with Crippen molar-refractivity contribution in [1.82, 2.24) is 19.9 Å². The topological polar surface area (TPSA) is 138 Å². The van der Waals surface area contributed by atoms with Crippen molar-refractivity contribution in [1.29, 1.82) is 0 Å². The van der Waals surface area contributed by atoms with E-state index in [1.807, 2.05) is 0 Å². The highest BCUT2D eigenvalue weighted by atomic mass is 32.2. The van der Waals surface area contributed by atoms with Crippen molar-refractivity contribution in [3.05, 3.63) is 29.2 Å². The highest BCUT2D eigenvalue weighted by Crippen LogP contribution is 2.27. The van der Waals surface area contributed by atoms with Gasteiger partial charge in [-0.05, 0) is 20.8 Å². The summed E-state index contributed by atoms with van der Waals surface area (Å²) in [6, 6.07) is -0.700. The number of sulfonamides is 1. The van der Waals surface area contributed by atoms with Gasteiger partial charge in [0.05, 0.1) is 6.04 Å². The van der Waals surface area contributed by atoms with Crippen molar-refractivity contribution in [2.75, 3.05) is 0 Å². The molecule has 0 aliphatic carbocycles. The van der Waals surface area contributed by atoms with Gasteiger partial charge in [0.1, 0.15) is 34.1 Å². The van der Waals surface area contributed by atoms with E-state index < -0.39 is 22.0 Å². The Morgan fingerprint density at radius 2 is 2.10 bits per heavy atom. The molecular weight excluding hydrogens is 300 g/mol. The van der Waals surface area contributed by atoms with E-state index in [1.165, 1.54) is 20.2 Å². The molecule has 1 atom stereocenters. The number of hydrogen-bond donors (Lipinski definition) is 3. The number of aromatic amines is 1. The molecule has 0 amide bonds. The standard InChI is InChI=1S/C11H14N4O5S/c1-5(10-12-4-13-14-10)15-21(18,19)9-7(3)20-6(2)8(9)11(16)17/h4-5,15H,1-3H3,(H,16,17)(H,12,13,14). The lowest BCUT2D eigenvalue weighted by Crippen LogP contribution is -2.29. The van der Waals surface area contributed by atoms with Crippen LogP contribution < -0.4 is 4.72 Å². The lowest BCUT2D eigenvalue weighted by Gasteiger charge is -2.11. The van der Waals surface area contributed by atoms with Crippen LogP contribution in [0.4, 0.5) is 0 Å². The van der Waals surface area contributed by atoms with Crippen LogP contribution in [0.2, 0.25) is 0 Å². The predicted molar refractivity (Wildman–Crippen MR) is 70.3 cm³/mol. The SMILES string of the molecule is Cc1oc(C)c(S(=O)(=O)NC(C)c2ncn[nH]2)c1C(=O)O. The van der Waals surface area contributed by atoms with Gasteiger partial charge in [-0.1, -0.05) is 0 Å². The minimum Gasteiger partial charge on any atom is -0.478 e. The molecule has 2 rings (SSSR count). The van der Waals surface area contributed by atoms with Gasteiger partial charge in [0.15, 0.2) is 0 Å². The molecule has 0 aliphatic rings. The number of nitrogens with zero attached hydrogens (tertiary/aromatic N) is 2. The van der Waals surface area contributed by atoms with E-state index in [2.05, 4.69) is 19.9 Å². The number of nitrogens with one attached hydrogen (secondary N) is 2. The average molecular weight is 314 g/mol. The first-order valence-electron chi connectivity index (χ1n) is 5.95. The van der Waals surface area contributed by atoms with Gasteiger partial charge < -0.3 is 9.52 Å². The second kappa shape index (κ2) is 5.30. The molecule has 2 heterocycles. The van der Waals surface area contributed by atoms with Crippen molar-refractivity contribution in [2.45, 2.75) is 31.7 Å². The van der Waals surface area contributed by atoms with E-state index in [4.69, 9.17) is 9.52 Å². The fraction of sp³-hybridized carbons (Fsp3) is 0.364. The van der Waals surface area contributed by atoms with Crippen LogP contribution in [0, 0.1) is 13.8 Å². The fourth-order valence-electron chi connectivity index (χ4n) is 2.01. The first-order chi connectivity index (χ1) is 9.74. The smallest absolute Gasteiger partial charge is 0.340 e. The van der Waals surface area contributed by atoms with Crippen molar-refractivity contribution in [3.8, 4) is 0 Å². The Morgan fingerprint density at radius 3 is 2.62 bits per heavy atom. The molecule has 0 fully saturated rings. The summed E-state index contributed by atoms with van der Waals surface area (Å²) >= 11 is 0. The first-order valence-corrected chi connectivity index (χ1v) is 7.43. The quantitative estimate of drug-likeness (QED) is 0.740. The molecule has 9 nitrogen and oxygen atoms in total. The minimum atomic E-state index is -4.08. The van der Waals surface area contributed by atoms with Crippen molar-refractivity contribution >= 4 is 16.0 Å². The Bertz CT molecular complexity index is 763. The first kappa shape index (κ1) is 15.2. The van der Waals surface area contributed by atoms with Crippen LogP contribution in [0.15, 0.2) is 15.6 Å². The highest BCUT2D eigenvalue weighted by molar-refractivity contribution is 7.89. The summed E-state index contributed by atoms with van der Waals surface area (Å²) < 4.78 is 32.3. The number of aromatic carboxylic acids is 1. The van der Waals surface area contributed by atoms with Gasteiger partial charge in [-0.2, -0.15) is 5.10 Å². The summed E-state index contributed by atoms with van der Waals surface area (Å²) in [6.45, 7) is 4.35. The van der Waals surface area contributed by atoms with Crippen LogP contribution in [0.25, 0.3) is 0 Å². The van der Waals surface area contributed by atoms with E-state index in [1.54, 1.807) is 6.92 Å². The maximum atomic E-state index is 12.4. The normalized spacial score (nSPS) is 13.3. The zero-order valence-corrected chi connectivity index (χ0v) is 12.4. The van der Waals surface area contributed by atoms with Crippen LogP contribution >= 0.6 is 0 Å². The second-order valence-electron chi connectivity index (χ2n) is 4.44. The van der Waals surface area contributed by atoms with Gasteiger partial charge in [-0.25, -0.2) is 22.9 Å². The molecule has 114 valence electrons. The number of rotatable bonds is 5. The average Bonchev–Trinajstić information content (AvgIpc) is 2.95. The van der Waals surface area contributed by atoms with Gasteiger partial charge in [0.25, 0.3) is 0 Å². The van der Waals surface area contributed by atoms with Gasteiger partial charge in [0, 0.05) is 0 Å². The van der Waals surface area contributed by atoms with E-state index in [9.17, 15) is 13.2 Å². The Hall–Kier alpha value is -2.20. The maximum absolute atomic E-state index is 12.4. The molecule has 3 N–H and O–H groups in total. The molecular formula is C11H14N4O5S. The number of aromatic nitrogens is 3. The number of H-pyrrole nitrogens is 1. The van der Waals surface area contributed by atoms with E-state index in [0.717, 1.165) is 0 Å². The number of aryl methyl sites for hydroxylation is 2. The Kier molecular flexibility index (Phi) is 3.83. The molecule has 0 saturated carbocycles. The zero-order chi connectivity index (χ0) is 15.8. The highest BCUT2D eigenvalue weighted by Gasteiger charge is 2.32. The van der Waals surface area contributed by atoms with Gasteiger partial charge >= 0.3 is 5.97 Å². The molecule has 2 aromatic rings. The number of furan rings is 1. The van der Waals surface area contributed by atoms with Crippen LogP contribution in [0.1, 0.15) is 40.7 Å². The largest absolute Gasteiger partial charge is 0.478 e. The maximum Gasteiger partial charge on any atom is 0.340 e. The second-order valence-corrected chi connectivity index (χ2v) is 6.09. The minimum absolute atomic E-state index is 0.0159. The third kappa shape index (κ3) is 2.81. The Morgan fingerprint density at radius 1 is 1.43 bits per heavy atom. The Balaban J connectivity index is 2.43. The predicted octanol–water partition coefficient (Wildman–Crippen LogP) is 0.752. The van der Waals surface area contributed by atoms with Gasteiger partial charge in [0.2, 0.25) is 10.0 Å². The Labute approximate surface area is 120 Å². The molecule has 0 radical (unpaired) electrons. The van der Waals surface area contributed by atoms with Crippen LogP contribution in [0.5, 0.6) is 0 Å². The number of hydrogen-bond acceptors (Lipinski definition) is 6. The summed E-state index contributed by atoms with van der Waals surface area (Å²) in [4.78, 5) is 14.7. The molecule has 21 heavy (non-hydrogen) atoms. The third-order valence-corrected chi connectivity index (χ3v) is 4.56. The molecule has 10 heteroatoms. The van der Waals surface area contributed by atoms with Crippen molar-refractivity contribution < 1.29 is 22.7 Å². The number of carboxylic acids is 1. The summed E-state index contributed by atoms with van der Waals surface area (Å²) in [5, 5.41) is 15.3. The van der Waals surface area contributed by atoms with Crippen LogP contribution in [-0.4, -0.2) is 34.7 Å².